The van der Waals surface area contributed by atoms with Gasteiger partial charge in [-0.15, -0.1) is 0 Å². The quantitative estimate of drug-likeness (QED) is 0.0615. The van der Waals surface area contributed by atoms with Gasteiger partial charge in [-0.25, -0.2) is 4.79 Å². The lowest BCUT2D eigenvalue weighted by Crippen LogP contribution is -2.48. The fraction of sp³-hybridized carbons (Fsp3) is 0.303. The van der Waals surface area contributed by atoms with Gasteiger partial charge in [-0.1, -0.05) is 84.9 Å². The van der Waals surface area contributed by atoms with E-state index in [1.807, 2.05) is 84.9 Å². The number of guanidine groups is 1. The first kappa shape index (κ1) is 34.1. The van der Waals surface area contributed by atoms with E-state index in [1.165, 1.54) is 0 Å². The van der Waals surface area contributed by atoms with Crippen LogP contribution in [0.25, 0.3) is 0 Å². The number of rotatable bonds is 16. The largest absolute Gasteiger partial charge is 0.465 e. The molecule has 0 saturated heterocycles. The summed E-state index contributed by atoms with van der Waals surface area (Å²) in [6, 6.07) is 24.8. The molecule has 0 aliphatic heterocycles. The van der Waals surface area contributed by atoms with Crippen molar-refractivity contribution in [2.45, 2.75) is 44.8 Å². The predicted octanol–water partition coefficient (Wildman–Crippen LogP) is 2.04. The van der Waals surface area contributed by atoms with Crippen molar-refractivity contribution in [1.82, 2.24) is 21.3 Å². The minimum atomic E-state index is -0.821. The van der Waals surface area contributed by atoms with Crippen molar-refractivity contribution < 1.29 is 23.9 Å². The summed E-state index contributed by atoms with van der Waals surface area (Å²) in [6.07, 6.45) is 0.806. The van der Waals surface area contributed by atoms with Crippen LogP contribution in [0.5, 0.6) is 0 Å². The number of carbonyl (C=O) groups is 4. The zero-order valence-corrected chi connectivity index (χ0v) is 25.3. The molecule has 0 fully saturated rings. The molecule has 3 aromatic carbocycles. The van der Waals surface area contributed by atoms with Crippen LogP contribution in [0.2, 0.25) is 0 Å². The molecule has 238 valence electrons. The topological polar surface area (TPSA) is 190 Å². The van der Waals surface area contributed by atoms with E-state index in [9.17, 15) is 19.2 Å². The van der Waals surface area contributed by atoms with Crippen LogP contribution in [0.15, 0.2) is 89.9 Å². The van der Waals surface area contributed by atoms with Crippen LogP contribution in [0.1, 0.15) is 47.9 Å². The maximum atomic E-state index is 13.7. The Morgan fingerprint density at radius 1 is 0.756 bits per heavy atom. The standard InChI is InChI=1S/C33H41N7O5/c1-2-45-28(41)22-39-33(44)38-21-24-17-15-23(16-18-24)20-37-30(42)27(14-9-19-36-32(34)35)40-31(43)29(25-10-5-3-6-11-25)26-12-7-4-8-13-26/h3-8,10-13,15-18,27,29H,2,9,14,19-22H2,1H3,(H,37,42)(H,40,43)(H4,34,35,36)(H2,38,39,44)/t27-/m1/s1. The number of hydrogen-bond acceptors (Lipinski definition) is 6. The van der Waals surface area contributed by atoms with E-state index in [0.717, 1.165) is 22.3 Å². The zero-order chi connectivity index (χ0) is 32.4. The Morgan fingerprint density at radius 2 is 1.31 bits per heavy atom. The predicted molar refractivity (Wildman–Crippen MR) is 172 cm³/mol. The van der Waals surface area contributed by atoms with Gasteiger partial charge in [0.1, 0.15) is 12.6 Å². The van der Waals surface area contributed by atoms with E-state index in [2.05, 4.69) is 26.3 Å². The first-order valence-electron chi connectivity index (χ1n) is 14.7. The fourth-order valence-corrected chi connectivity index (χ4v) is 4.51. The van der Waals surface area contributed by atoms with Crippen molar-refractivity contribution in [3.8, 4) is 0 Å². The SMILES string of the molecule is CCOC(=O)CNC(=O)NCc1ccc(CNC(=O)[C@@H](CCCN=C(N)N)NC(=O)C(c2ccccc2)c2ccccc2)cc1. The molecule has 3 rings (SSSR count). The van der Waals surface area contributed by atoms with Gasteiger partial charge in [0, 0.05) is 19.6 Å². The smallest absolute Gasteiger partial charge is 0.325 e. The molecular formula is C33H41N7O5. The van der Waals surface area contributed by atoms with Gasteiger partial charge in [0.05, 0.1) is 12.5 Å². The first-order valence-corrected chi connectivity index (χ1v) is 14.7. The summed E-state index contributed by atoms with van der Waals surface area (Å²) in [5, 5.41) is 11.0. The van der Waals surface area contributed by atoms with Crippen LogP contribution in [-0.4, -0.2) is 55.5 Å². The van der Waals surface area contributed by atoms with E-state index in [4.69, 9.17) is 16.2 Å². The van der Waals surface area contributed by atoms with Crippen LogP contribution in [0.4, 0.5) is 4.79 Å². The van der Waals surface area contributed by atoms with E-state index in [1.54, 1.807) is 6.92 Å². The van der Waals surface area contributed by atoms with E-state index < -0.39 is 24.0 Å². The number of amides is 4. The van der Waals surface area contributed by atoms with Crippen molar-refractivity contribution in [3.05, 3.63) is 107 Å². The zero-order valence-electron chi connectivity index (χ0n) is 25.3. The van der Waals surface area contributed by atoms with Gasteiger partial charge in [0.25, 0.3) is 0 Å². The number of nitrogens with two attached hydrogens (primary N) is 2. The lowest BCUT2D eigenvalue weighted by molar-refractivity contribution is -0.141. The van der Waals surface area contributed by atoms with Crippen LogP contribution in [0.3, 0.4) is 0 Å². The van der Waals surface area contributed by atoms with Gasteiger partial charge in [-0.3, -0.25) is 19.4 Å². The summed E-state index contributed by atoms with van der Waals surface area (Å²) in [7, 11) is 0. The first-order chi connectivity index (χ1) is 21.8. The Kier molecular flexibility index (Phi) is 13.9. The molecule has 12 heteroatoms. The summed E-state index contributed by atoms with van der Waals surface area (Å²) in [6.45, 7) is 2.51. The number of nitrogens with zero attached hydrogens (tertiary/aromatic N) is 1. The Balaban J connectivity index is 1.62. The number of benzene rings is 3. The maximum absolute atomic E-state index is 13.7. The van der Waals surface area contributed by atoms with Crippen molar-refractivity contribution in [3.63, 3.8) is 0 Å². The Hall–Kier alpha value is -5.39. The van der Waals surface area contributed by atoms with Crippen molar-refractivity contribution >= 4 is 29.8 Å². The molecule has 0 radical (unpaired) electrons. The highest BCUT2D eigenvalue weighted by Crippen LogP contribution is 2.25. The van der Waals surface area contributed by atoms with Crippen molar-refractivity contribution in [2.24, 2.45) is 16.5 Å². The third-order valence-corrected chi connectivity index (χ3v) is 6.75. The highest BCUT2D eigenvalue weighted by atomic mass is 16.5. The number of esters is 1. The van der Waals surface area contributed by atoms with Crippen LogP contribution >= 0.6 is 0 Å². The Morgan fingerprint density at radius 3 is 1.84 bits per heavy atom. The molecule has 0 spiro atoms. The van der Waals surface area contributed by atoms with Crippen LogP contribution in [-0.2, 0) is 32.2 Å². The number of hydrogen-bond donors (Lipinski definition) is 6. The molecule has 8 N–H and O–H groups in total. The summed E-state index contributed by atoms with van der Waals surface area (Å²) in [5.41, 5.74) is 14.2. The second kappa shape index (κ2) is 18.3. The van der Waals surface area contributed by atoms with Gasteiger partial charge in [-0.05, 0) is 42.0 Å². The summed E-state index contributed by atoms with van der Waals surface area (Å²) in [4.78, 5) is 54.4. The normalized spacial score (nSPS) is 11.2. The van der Waals surface area contributed by atoms with Gasteiger partial charge < -0.3 is 37.5 Å². The number of nitrogens with one attached hydrogen (secondary N) is 4. The molecule has 12 nitrogen and oxygen atoms in total. The summed E-state index contributed by atoms with van der Waals surface area (Å²) >= 11 is 0. The molecule has 0 unspecified atom stereocenters. The molecule has 0 aliphatic carbocycles. The number of ether oxygens (including phenoxy) is 1. The molecule has 0 aliphatic rings. The highest BCUT2D eigenvalue weighted by molar-refractivity contribution is 5.92. The lowest BCUT2D eigenvalue weighted by Gasteiger charge is -2.23. The van der Waals surface area contributed by atoms with Crippen molar-refractivity contribution in [1.29, 1.82) is 0 Å². The van der Waals surface area contributed by atoms with Gasteiger partial charge in [0.2, 0.25) is 11.8 Å². The number of carbonyl (C=O) groups excluding carboxylic acids is 4. The van der Waals surface area contributed by atoms with Crippen LogP contribution < -0.4 is 32.7 Å². The second-order valence-corrected chi connectivity index (χ2v) is 10.1. The molecule has 0 heterocycles. The number of urea groups is 1. The molecule has 45 heavy (non-hydrogen) atoms. The highest BCUT2D eigenvalue weighted by Gasteiger charge is 2.27. The Bertz CT molecular complexity index is 1370. The molecular weight excluding hydrogens is 574 g/mol. The third kappa shape index (κ3) is 12.0. The number of aliphatic imine (C=N–C) groups is 1. The monoisotopic (exact) mass is 615 g/mol. The molecule has 3 aromatic rings. The lowest BCUT2D eigenvalue weighted by atomic mass is 9.90. The molecule has 0 saturated carbocycles. The van der Waals surface area contributed by atoms with Crippen LogP contribution in [0, 0.1) is 0 Å². The third-order valence-electron chi connectivity index (χ3n) is 6.75. The summed E-state index contributed by atoms with van der Waals surface area (Å²) < 4.78 is 4.78. The van der Waals surface area contributed by atoms with E-state index >= 15 is 0 Å². The second-order valence-electron chi connectivity index (χ2n) is 10.1. The minimum absolute atomic E-state index is 0.0378. The minimum Gasteiger partial charge on any atom is -0.465 e. The molecule has 0 bridgehead atoms. The van der Waals surface area contributed by atoms with Gasteiger partial charge in [-0.2, -0.15) is 0 Å². The van der Waals surface area contributed by atoms with E-state index in [0.29, 0.717) is 19.4 Å². The average molecular weight is 616 g/mol. The van der Waals surface area contributed by atoms with E-state index in [-0.39, 0.29) is 44.0 Å². The summed E-state index contributed by atoms with van der Waals surface area (Å²) in [5.74, 6) is -1.78. The maximum Gasteiger partial charge on any atom is 0.325 e. The average Bonchev–Trinajstić information content (AvgIpc) is 3.04. The van der Waals surface area contributed by atoms with Crippen molar-refractivity contribution in [2.75, 3.05) is 19.7 Å². The fourth-order valence-electron chi connectivity index (χ4n) is 4.51. The Labute approximate surface area is 263 Å². The molecule has 1 atom stereocenters. The molecule has 0 aromatic heterocycles. The molecule has 4 amide bonds. The van der Waals surface area contributed by atoms with Gasteiger partial charge in [0.15, 0.2) is 5.96 Å². The van der Waals surface area contributed by atoms with Gasteiger partial charge >= 0.3 is 12.0 Å².